The van der Waals surface area contributed by atoms with E-state index >= 15 is 0 Å². The maximum atomic E-state index is 12.3. The second-order valence-corrected chi connectivity index (χ2v) is 5.98. The summed E-state index contributed by atoms with van der Waals surface area (Å²) in [5.74, 6) is -1.37. The second kappa shape index (κ2) is 7.81. The van der Waals surface area contributed by atoms with Gasteiger partial charge in [0.05, 0.1) is 13.0 Å². The van der Waals surface area contributed by atoms with Crippen molar-refractivity contribution < 1.29 is 24.2 Å². The molecule has 0 spiro atoms. The number of nitrogens with zero attached hydrogens (tertiary/aromatic N) is 1. The quantitative estimate of drug-likeness (QED) is 0.814. The zero-order valence-electron chi connectivity index (χ0n) is 13.6. The van der Waals surface area contributed by atoms with Crippen LogP contribution in [0.15, 0.2) is 24.3 Å². The number of carbonyl (C=O) groups is 3. The molecule has 1 aromatic rings. The molecule has 1 aliphatic rings. The number of ether oxygens (including phenoxy) is 1. The third kappa shape index (κ3) is 4.24. The largest absolute Gasteiger partial charge is 0.493 e. The standard InChI is InChI=1S/C17H22N2O5/c1-11-4-3-8-19(15(11)17(22)23)14(20)7-9-24-13-6-2-5-12(10-13)16(18)21/h2,5-6,10-11,15H,3-4,7-9H2,1H3,(H2,18,21)(H,22,23). The molecule has 2 unspecified atom stereocenters. The average molecular weight is 334 g/mol. The summed E-state index contributed by atoms with van der Waals surface area (Å²) < 4.78 is 5.48. The van der Waals surface area contributed by atoms with Gasteiger partial charge >= 0.3 is 5.97 Å². The molecule has 0 saturated carbocycles. The van der Waals surface area contributed by atoms with Crippen molar-refractivity contribution in [2.24, 2.45) is 11.7 Å². The Labute approximate surface area is 140 Å². The van der Waals surface area contributed by atoms with Crippen LogP contribution in [0.5, 0.6) is 5.75 Å². The predicted molar refractivity (Wildman–Crippen MR) is 86.6 cm³/mol. The number of carboxylic acid groups (broad SMARTS) is 1. The van der Waals surface area contributed by atoms with E-state index in [0.29, 0.717) is 17.9 Å². The van der Waals surface area contributed by atoms with Crippen LogP contribution in [0, 0.1) is 5.92 Å². The van der Waals surface area contributed by atoms with Crippen LogP contribution in [0.4, 0.5) is 0 Å². The first-order valence-electron chi connectivity index (χ1n) is 7.95. The highest BCUT2D eigenvalue weighted by Crippen LogP contribution is 2.24. The molecule has 3 N–H and O–H groups in total. The molecule has 2 rings (SSSR count). The first-order valence-corrected chi connectivity index (χ1v) is 7.95. The Morgan fingerprint density at radius 3 is 2.79 bits per heavy atom. The smallest absolute Gasteiger partial charge is 0.326 e. The zero-order valence-corrected chi connectivity index (χ0v) is 13.6. The van der Waals surface area contributed by atoms with E-state index in [2.05, 4.69) is 0 Å². The van der Waals surface area contributed by atoms with Crippen molar-refractivity contribution in [3.63, 3.8) is 0 Å². The maximum Gasteiger partial charge on any atom is 0.326 e. The van der Waals surface area contributed by atoms with E-state index in [1.54, 1.807) is 18.2 Å². The number of hydrogen-bond acceptors (Lipinski definition) is 4. The van der Waals surface area contributed by atoms with Gasteiger partial charge in [-0.15, -0.1) is 0 Å². The lowest BCUT2D eigenvalue weighted by molar-refractivity contribution is -0.154. The van der Waals surface area contributed by atoms with Crippen molar-refractivity contribution in [2.75, 3.05) is 13.2 Å². The molecule has 2 amide bonds. The Morgan fingerprint density at radius 2 is 2.12 bits per heavy atom. The molecule has 24 heavy (non-hydrogen) atoms. The van der Waals surface area contributed by atoms with Crippen molar-refractivity contribution in [3.8, 4) is 5.75 Å². The van der Waals surface area contributed by atoms with Gasteiger partial charge in [0.15, 0.2) is 0 Å². The lowest BCUT2D eigenvalue weighted by Gasteiger charge is -2.37. The molecule has 0 aromatic heterocycles. The Bertz CT molecular complexity index is 631. The molecule has 1 heterocycles. The summed E-state index contributed by atoms with van der Waals surface area (Å²) in [6, 6.07) is 5.62. The molecular weight excluding hydrogens is 312 g/mol. The van der Waals surface area contributed by atoms with Crippen molar-refractivity contribution in [1.29, 1.82) is 0 Å². The van der Waals surface area contributed by atoms with E-state index in [0.717, 1.165) is 12.8 Å². The minimum atomic E-state index is -0.967. The third-order valence-corrected chi connectivity index (χ3v) is 4.21. The lowest BCUT2D eigenvalue weighted by Crippen LogP contribution is -2.52. The fourth-order valence-electron chi connectivity index (χ4n) is 2.98. The molecule has 0 radical (unpaired) electrons. The summed E-state index contributed by atoms with van der Waals surface area (Å²) in [4.78, 5) is 36.3. The summed E-state index contributed by atoms with van der Waals surface area (Å²) in [5.41, 5.74) is 5.53. The molecule has 0 bridgehead atoms. The van der Waals surface area contributed by atoms with Gasteiger partial charge in [0.2, 0.25) is 11.8 Å². The van der Waals surface area contributed by atoms with Gasteiger partial charge in [-0.2, -0.15) is 0 Å². The molecule has 1 fully saturated rings. The van der Waals surface area contributed by atoms with Gasteiger partial charge in [0, 0.05) is 12.1 Å². The molecule has 7 heteroatoms. The first kappa shape index (κ1) is 17.8. The van der Waals surface area contributed by atoms with Gasteiger partial charge in [-0.1, -0.05) is 13.0 Å². The molecule has 1 aliphatic heterocycles. The number of likely N-dealkylation sites (tertiary alicyclic amines) is 1. The average Bonchev–Trinajstić information content (AvgIpc) is 2.54. The number of benzene rings is 1. The van der Waals surface area contributed by atoms with E-state index in [1.165, 1.54) is 11.0 Å². The summed E-state index contributed by atoms with van der Waals surface area (Å²) in [6.45, 7) is 2.42. The van der Waals surface area contributed by atoms with Crippen LogP contribution < -0.4 is 10.5 Å². The number of amides is 2. The Morgan fingerprint density at radius 1 is 1.38 bits per heavy atom. The Balaban J connectivity index is 1.91. The number of nitrogens with two attached hydrogens (primary N) is 1. The normalized spacial score (nSPS) is 20.5. The van der Waals surface area contributed by atoms with E-state index in [4.69, 9.17) is 10.5 Å². The summed E-state index contributed by atoms with van der Waals surface area (Å²) in [6.07, 6.45) is 1.69. The molecule has 2 atom stereocenters. The number of carbonyl (C=O) groups excluding carboxylic acids is 2. The number of piperidine rings is 1. The Kier molecular flexibility index (Phi) is 5.78. The van der Waals surface area contributed by atoms with Crippen LogP contribution in [-0.4, -0.2) is 47.0 Å². The zero-order chi connectivity index (χ0) is 17.7. The molecule has 7 nitrogen and oxygen atoms in total. The van der Waals surface area contributed by atoms with Gasteiger partial charge in [0.1, 0.15) is 11.8 Å². The predicted octanol–water partition coefficient (Wildman–Crippen LogP) is 1.27. The highest BCUT2D eigenvalue weighted by atomic mass is 16.5. The van der Waals surface area contributed by atoms with Gasteiger partial charge in [-0.3, -0.25) is 9.59 Å². The van der Waals surface area contributed by atoms with Crippen LogP contribution in [0.25, 0.3) is 0 Å². The van der Waals surface area contributed by atoms with Crippen LogP contribution >= 0.6 is 0 Å². The van der Waals surface area contributed by atoms with Crippen LogP contribution in [-0.2, 0) is 9.59 Å². The molecule has 0 aliphatic carbocycles. The third-order valence-electron chi connectivity index (χ3n) is 4.21. The van der Waals surface area contributed by atoms with Crippen molar-refractivity contribution in [2.45, 2.75) is 32.2 Å². The van der Waals surface area contributed by atoms with Gasteiger partial charge in [-0.25, -0.2) is 4.79 Å². The minimum Gasteiger partial charge on any atom is -0.493 e. The summed E-state index contributed by atoms with van der Waals surface area (Å²) in [5, 5.41) is 9.35. The number of carboxylic acids is 1. The van der Waals surface area contributed by atoms with Crippen LogP contribution in [0.3, 0.4) is 0 Å². The minimum absolute atomic E-state index is 0.0617. The first-order chi connectivity index (χ1) is 11.4. The topological polar surface area (TPSA) is 110 Å². The number of aliphatic carboxylic acids is 1. The molecule has 1 aromatic carbocycles. The van der Waals surface area contributed by atoms with Gasteiger partial charge < -0.3 is 20.5 Å². The van der Waals surface area contributed by atoms with Gasteiger partial charge in [0.25, 0.3) is 0 Å². The highest BCUT2D eigenvalue weighted by molar-refractivity contribution is 5.93. The van der Waals surface area contributed by atoms with E-state index in [9.17, 15) is 19.5 Å². The number of primary amides is 1. The number of rotatable bonds is 6. The molecule has 130 valence electrons. The maximum absolute atomic E-state index is 12.3. The number of hydrogen-bond donors (Lipinski definition) is 2. The fraction of sp³-hybridized carbons (Fsp3) is 0.471. The highest BCUT2D eigenvalue weighted by Gasteiger charge is 2.36. The van der Waals surface area contributed by atoms with E-state index in [-0.39, 0.29) is 24.9 Å². The van der Waals surface area contributed by atoms with Crippen molar-refractivity contribution in [1.82, 2.24) is 4.90 Å². The monoisotopic (exact) mass is 334 g/mol. The van der Waals surface area contributed by atoms with Crippen LogP contribution in [0.1, 0.15) is 36.5 Å². The summed E-state index contributed by atoms with van der Waals surface area (Å²) in [7, 11) is 0. The SMILES string of the molecule is CC1CCCN(C(=O)CCOc2cccc(C(N)=O)c2)C1C(=O)O. The lowest BCUT2D eigenvalue weighted by atomic mass is 9.90. The fourth-order valence-corrected chi connectivity index (χ4v) is 2.98. The van der Waals surface area contributed by atoms with E-state index < -0.39 is 17.9 Å². The van der Waals surface area contributed by atoms with Crippen LogP contribution in [0.2, 0.25) is 0 Å². The second-order valence-electron chi connectivity index (χ2n) is 5.98. The molecule has 1 saturated heterocycles. The summed E-state index contributed by atoms with van der Waals surface area (Å²) >= 11 is 0. The van der Waals surface area contributed by atoms with Crippen molar-refractivity contribution >= 4 is 17.8 Å². The van der Waals surface area contributed by atoms with E-state index in [1.807, 2.05) is 6.92 Å². The molecular formula is C17H22N2O5. The van der Waals surface area contributed by atoms with Gasteiger partial charge in [-0.05, 0) is 37.0 Å². The van der Waals surface area contributed by atoms with Crippen molar-refractivity contribution in [3.05, 3.63) is 29.8 Å². The Hall–Kier alpha value is -2.57.